The number of amides is 4. The summed E-state index contributed by atoms with van der Waals surface area (Å²) in [5.74, 6) is -3.28. The number of hydrogen-bond acceptors (Lipinski definition) is 15. The number of benzene rings is 3. The largest absolute Gasteiger partial charge is 0.462 e. The zero-order chi connectivity index (χ0) is 42.9. The van der Waals surface area contributed by atoms with E-state index in [-0.39, 0.29) is 23.4 Å². The van der Waals surface area contributed by atoms with Crippen LogP contribution >= 0.6 is 43.2 Å². The maximum Gasteiger partial charge on any atom is 0.302 e. The Hall–Kier alpha value is -4.57. The van der Waals surface area contributed by atoms with Crippen LogP contribution in [0.25, 0.3) is 0 Å². The van der Waals surface area contributed by atoms with Crippen molar-refractivity contribution in [3.05, 3.63) is 90.0 Å². The summed E-state index contributed by atoms with van der Waals surface area (Å²) in [4.78, 5) is 85.1. The Morgan fingerprint density at radius 3 is 1.79 bits per heavy atom. The van der Waals surface area contributed by atoms with E-state index in [4.69, 9.17) is 9.47 Å². The molecule has 8 fully saturated rings. The molecule has 0 aliphatic carbocycles. The van der Waals surface area contributed by atoms with Crippen LogP contribution in [0.1, 0.15) is 37.8 Å². The number of likely N-dealkylation sites (N-methyl/N-ethyl adjacent to an activating group) is 2. The molecule has 8 atom stereocenters. The molecule has 61 heavy (non-hydrogen) atoms. The van der Waals surface area contributed by atoms with Crippen LogP contribution in [-0.2, 0) is 59.1 Å². The Bertz CT molecular complexity index is 2700. The number of sulfonamides is 1. The monoisotopic (exact) mass is 920 g/mol. The highest BCUT2D eigenvalue weighted by Gasteiger charge is 2.89. The molecular weight excluding hydrogens is 885 g/mol. The fourth-order valence-corrected chi connectivity index (χ4v) is 20.4. The standard InChI is InChI=1S/C40H36N6O10S5/c1-22(47)55-20-39-33(51)44-29-35(25-14-8-10-16-27(25)41-29,18-37(44,57-59-39)31(49)42(39)3)36-19-38-32(50)43(4)40(60-58-38,21-56-23(2)48)34(52)45(38)30(36)46(28-17-11-9-15-26(28)36)61(53,54)24-12-6-5-7-13-24/h5-17,29-30,41H,18-21H2,1-4H3/t29-,30+,35+,36+,37+,38+,39+,40+/m1/s1. The van der Waals surface area contributed by atoms with E-state index in [0.717, 1.165) is 32.4 Å². The molecule has 10 heterocycles. The number of nitrogens with zero attached hydrogens (tertiary/aromatic N) is 5. The molecule has 0 unspecified atom stereocenters. The van der Waals surface area contributed by atoms with Gasteiger partial charge in [0, 0.05) is 46.5 Å². The summed E-state index contributed by atoms with van der Waals surface area (Å²) < 4.78 is 43.4. The van der Waals surface area contributed by atoms with Crippen LogP contribution in [0.5, 0.6) is 0 Å². The highest BCUT2D eigenvalue weighted by molar-refractivity contribution is 8.78. The molecule has 316 valence electrons. The minimum Gasteiger partial charge on any atom is -0.462 e. The maximum absolute atomic E-state index is 15.7. The quantitative estimate of drug-likeness (QED) is 0.269. The molecule has 2 spiro atoms. The number of nitrogens with one attached hydrogen (secondary N) is 1. The SMILES string of the molecule is CC(=O)OC[C@]12SS[C@@]3(C[C@]4([C@]56C[C@@]78SS[C@@](COC(C)=O)(C(=O)N7[C@H]5N(S(=O)(=O)c5ccccc5)c5ccccc56)N(C)C8=O)c5ccccc5N[C@@H]4N3C1=O)C(=O)N2C. The highest BCUT2D eigenvalue weighted by Crippen LogP contribution is 2.79. The van der Waals surface area contributed by atoms with Crippen LogP contribution in [0, 0.1) is 0 Å². The van der Waals surface area contributed by atoms with E-state index >= 15 is 27.6 Å². The van der Waals surface area contributed by atoms with E-state index in [0.29, 0.717) is 16.8 Å². The van der Waals surface area contributed by atoms with Gasteiger partial charge in [-0.3, -0.25) is 38.6 Å². The van der Waals surface area contributed by atoms with Crippen LogP contribution in [0.3, 0.4) is 0 Å². The third-order valence-corrected chi connectivity index (χ3v) is 22.9. The van der Waals surface area contributed by atoms with Gasteiger partial charge in [-0.1, -0.05) is 76.2 Å². The van der Waals surface area contributed by atoms with Gasteiger partial charge in [-0.05, 0) is 57.0 Å². The number of ether oxygens (including phenoxy) is 2. The summed E-state index contributed by atoms with van der Waals surface area (Å²) in [6, 6.07) is 22.3. The highest BCUT2D eigenvalue weighted by atomic mass is 33.1. The first-order valence-corrected chi connectivity index (χ1v) is 25.1. The van der Waals surface area contributed by atoms with Crippen LogP contribution in [-0.4, -0.2) is 123 Å². The topological polar surface area (TPSA) is 183 Å². The van der Waals surface area contributed by atoms with Gasteiger partial charge in [-0.2, -0.15) is 0 Å². The molecule has 1 N–H and O–H groups in total. The lowest BCUT2D eigenvalue weighted by Crippen LogP contribution is -2.78. The van der Waals surface area contributed by atoms with Gasteiger partial charge in [0.25, 0.3) is 33.7 Å². The van der Waals surface area contributed by atoms with Gasteiger partial charge < -0.3 is 24.6 Å². The summed E-state index contributed by atoms with van der Waals surface area (Å²) in [6.07, 6.45) is -2.66. The van der Waals surface area contributed by atoms with Crippen molar-refractivity contribution in [2.24, 2.45) is 0 Å². The average molecular weight is 921 g/mol. The minimum absolute atomic E-state index is 0.0481. The third-order valence-electron chi connectivity index (χ3n) is 13.9. The minimum atomic E-state index is -4.57. The van der Waals surface area contributed by atoms with E-state index in [9.17, 15) is 9.59 Å². The molecule has 0 saturated carbocycles. The predicted molar refractivity (Wildman–Crippen MR) is 227 cm³/mol. The molecule has 10 aliphatic rings. The number of carbonyl (C=O) groups excluding carboxylic acids is 6. The fourth-order valence-electron chi connectivity index (χ4n) is 11.4. The van der Waals surface area contributed by atoms with Crippen molar-refractivity contribution in [3.63, 3.8) is 0 Å². The summed E-state index contributed by atoms with van der Waals surface area (Å²) in [7, 11) is 3.03. The van der Waals surface area contributed by atoms with Crippen LogP contribution in [0.4, 0.5) is 11.4 Å². The van der Waals surface area contributed by atoms with E-state index in [1.54, 1.807) is 41.3 Å². The normalized spacial score (nSPS) is 36.0. The number of piperazine rings is 2. The predicted octanol–water partition coefficient (Wildman–Crippen LogP) is 3.26. The van der Waals surface area contributed by atoms with Gasteiger partial charge in [-0.15, -0.1) is 0 Å². The van der Waals surface area contributed by atoms with E-state index in [1.165, 1.54) is 69.9 Å². The lowest BCUT2D eigenvalue weighted by Gasteiger charge is -2.58. The molecule has 0 radical (unpaired) electrons. The van der Waals surface area contributed by atoms with Gasteiger partial charge in [-0.25, -0.2) is 12.7 Å². The van der Waals surface area contributed by atoms with Crippen LogP contribution in [0.2, 0.25) is 0 Å². The number of carbonyl (C=O) groups is 6. The van der Waals surface area contributed by atoms with E-state index in [2.05, 4.69) is 5.32 Å². The molecule has 21 heteroatoms. The first-order valence-electron chi connectivity index (χ1n) is 19.3. The van der Waals surface area contributed by atoms with Crippen LogP contribution < -0.4 is 9.62 Å². The van der Waals surface area contributed by atoms with Gasteiger partial charge in [0.2, 0.25) is 9.74 Å². The Labute approximate surface area is 365 Å². The molecule has 4 amide bonds. The fraction of sp³-hybridized carbons (Fsp3) is 0.400. The second-order valence-electron chi connectivity index (χ2n) is 16.5. The van der Waals surface area contributed by atoms with E-state index in [1.807, 2.05) is 30.3 Å². The Morgan fingerprint density at radius 1 is 0.672 bits per heavy atom. The third kappa shape index (κ3) is 4.27. The van der Waals surface area contributed by atoms with Gasteiger partial charge in [0.05, 0.1) is 21.4 Å². The molecule has 3 aromatic rings. The van der Waals surface area contributed by atoms with Gasteiger partial charge in [0.15, 0.2) is 9.74 Å². The molecule has 10 aliphatic heterocycles. The molecular formula is C40H36N6O10S5. The lowest BCUT2D eigenvalue weighted by atomic mass is 9.54. The molecule has 8 saturated heterocycles. The number of para-hydroxylation sites is 2. The summed E-state index contributed by atoms with van der Waals surface area (Å²) in [6.45, 7) is 1.53. The molecule has 3 aromatic carbocycles. The summed E-state index contributed by atoms with van der Waals surface area (Å²) >= 11 is 0. The molecule has 16 nitrogen and oxygen atoms in total. The van der Waals surface area contributed by atoms with Crippen molar-refractivity contribution in [3.8, 4) is 0 Å². The number of anilines is 2. The Balaban J connectivity index is 1.23. The number of rotatable bonds is 7. The van der Waals surface area contributed by atoms with Crippen molar-refractivity contribution in [1.82, 2.24) is 19.6 Å². The second kappa shape index (κ2) is 12.3. The lowest BCUT2D eigenvalue weighted by molar-refractivity contribution is -0.170. The summed E-state index contributed by atoms with van der Waals surface area (Å²) in [5.41, 5.74) is -0.877. The smallest absolute Gasteiger partial charge is 0.302 e. The Kier molecular flexibility index (Phi) is 7.94. The van der Waals surface area contributed by atoms with Crippen molar-refractivity contribution < 1.29 is 46.7 Å². The first kappa shape index (κ1) is 39.3. The number of esters is 2. The van der Waals surface area contributed by atoms with Gasteiger partial charge in [0.1, 0.15) is 25.5 Å². The molecule has 13 rings (SSSR count). The summed E-state index contributed by atoms with van der Waals surface area (Å²) in [5, 5.41) is 3.63. The molecule has 4 bridgehead atoms. The first-order chi connectivity index (χ1) is 29.0. The zero-order valence-electron chi connectivity index (χ0n) is 32.8. The Morgan fingerprint density at radius 2 is 1.18 bits per heavy atom. The number of hydrogen-bond donors (Lipinski definition) is 1. The van der Waals surface area contributed by atoms with Crippen molar-refractivity contribution >= 4 is 100 Å². The molecule has 0 aromatic heterocycles. The maximum atomic E-state index is 15.7. The van der Waals surface area contributed by atoms with Crippen molar-refractivity contribution in [2.75, 3.05) is 36.9 Å². The second-order valence-corrected chi connectivity index (χ2v) is 23.7. The zero-order valence-corrected chi connectivity index (χ0v) is 36.9. The van der Waals surface area contributed by atoms with Crippen LogP contribution in [0.15, 0.2) is 83.8 Å². The van der Waals surface area contributed by atoms with Gasteiger partial charge >= 0.3 is 11.9 Å². The van der Waals surface area contributed by atoms with E-state index < -0.39 is 101 Å². The van der Waals surface area contributed by atoms with Crippen molar-refractivity contribution in [1.29, 1.82) is 0 Å². The van der Waals surface area contributed by atoms with Crippen molar-refractivity contribution in [2.45, 2.75) is 74.2 Å². The number of fused-ring (bicyclic) bond motifs is 11. The average Bonchev–Trinajstić information content (AvgIpc) is 3.93.